The SMILES string of the molecule is CC(C(=O)OCC(F)(F)C(F)(F)C(F)(F)F)(c1ccccc1)c1ccccc1. The molecule has 0 amide bonds. The van der Waals surface area contributed by atoms with Gasteiger partial charge in [-0.05, 0) is 18.1 Å². The Labute approximate surface area is 155 Å². The first kappa shape index (κ1) is 21.7. The van der Waals surface area contributed by atoms with Crippen LogP contribution in [-0.2, 0) is 14.9 Å². The summed E-state index contributed by atoms with van der Waals surface area (Å²) in [6.45, 7) is -1.12. The molecular weight excluding hydrogens is 393 g/mol. The molecule has 0 saturated carbocycles. The van der Waals surface area contributed by atoms with Crippen molar-refractivity contribution in [2.45, 2.75) is 30.4 Å². The van der Waals surface area contributed by atoms with Gasteiger partial charge in [0.15, 0.2) is 6.61 Å². The van der Waals surface area contributed by atoms with E-state index in [4.69, 9.17) is 0 Å². The van der Waals surface area contributed by atoms with Gasteiger partial charge in [-0.25, -0.2) is 0 Å². The molecule has 0 spiro atoms. The van der Waals surface area contributed by atoms with Gasteiger partial charge in [0.05, 0.1) is 0 Å². The third kappa shape index (κ3) is 3.83. The van der Waals surface area contributed by atoms with Gasteiger partial charge < -0.3 is 4.74 Å². The van der Waals surface area contributed by atoms with E-state index < -0.39 is 36.0 Å². The maximum Gasteiger partial charge on any atom is 0.460 e. The number of carbonyl (C=O) groups is 1. The predicted molar refractivity (Wildman–Crippen MR) is 86.2 cm³/mol. The Morgan fingerprint density at radius 1 is 0.786 bits per heavy atom. The topological polar surface area (TPSA) is 26.3 Å². The number of esters is 1. The number of hydrogen-bond acceptors (Lipinski definition) is 2. The molecule has 0 aromatic heterocycles. The molecule has 0 N–H and O–H groups in total. The molecule has 2 aromatic carbocycles. The van der Waals surface area contributed by atoms with Crippen molar-refractivity contribution in [3.05, 3.63) is 71.8 Å². The zero-order valence-corrected chi connectivity index (χ0v) is 14.4. The first-order valence-electron chi connectivity index (χ1n) is 7.94. The molecule has 0 bridgehead atoms. The number of halogens is 7. The van der Waals surface area contributed by atoms with Crippen LogP contribution in [0.2, 0.25) is 0 Å². The molecule has 2 nitrogen and oxygen atoms in total. The Balaban J connectivity index is 2.35. The second-order valence-electron chi connectivity index (χ2n) is 6.21. The Kier molecular flexibility index (Phi) is 5.77. The first-order chi connectivity index (χ1) is 12.8. The summed E-state index contributed by atoms with van der Waals surface area (Å²) in [5.74, 6) is -13.4. The van der Waals surface area contributed by atoms with Crippen LogP contribution in [0.4, 0.5) is 30.7 Å². The van der Waals surface area contributed by atoms with Gasteiger partial charge in [-0.15, -0.1) is 0 Å². The number of carbonyl (C=O) groups excluding carboxylic acids is 1. The molecule has 0 heterocycles. The lowest BCUT2D eigenvalue weighted by molar-refractivity contribution is -0.360. The highest BCUT2D eigenvalue weighted by Crippen LogP contribution is 2.46. The lowest BCUT2D eigenvalue weighted by Crippen LogP contribution is -2.55. The molecule has 0 saturated heterocycles. The number of rotatable bonds is 6. The number of alkyl halides is 7. The van der Waals surface area contributed by atoms with E-state index in [0.29, 0.717) is 0 Å². The molecule has 9 heteroatoms. The van der Waals surface area contributed by atoms with Gasteiger partial charge >= 0.3 is 24.0 Å². The Morgan fingerprint density at radius 2 is 1.18 bits per heavy atom. The Hall–Kier alpha value is -2.58. The van der Waals surface area contributed by atoms with E-state index in [1.165, 1.54) is 31.2 Å². The maximum absolute atomic E-state index is 13.5. The highest BCUT2D eigenvalue weighted by Gasteiger charge is 2.73. The number of hydrogen-bond donors (Lipinski definition) is 0. The number of benzene rings is 2. The minimum absolute atomic E-state index is 0.289. The molecule has 152 valence electrons. The highest BCUT2D eigenvalue weighted by atomic mass is 19.4. The van der Waals surface area contributed by atoms with Gasteiger partial charge in [0.25, 0.3) is 0 Å². The molecule has 0 fully saturated rings. The average Bonchev–Trinajstić information content (AvgIpc) is 2.65. The van der Waals surface area contributed by atoms with E-state index in [-0.39, 0.29) is 11.1 Å². The van der Waals surface area contributed by atoms with Crippen LogP contribution in [-0.4, -0.2) is 30.6 Å². The van der Waals surface area contributed by atoms with Crippen molar-refractivity contribution in [3.63, 3.8) is 0 Å². The molecule has 28 heavy (non-hydrogen) atoms. The smallest absolute Gasteiger partial charge is 0.458 e. The van der Waals surface area contributed by atoms with Gasteiger partial charge in [-0.2, -0.15) is 30.7 Å². The molecule has 0 atom stereocenters. The van der Waals surface area contributed by atoms with Crippen molar-refractivity contribution in [2.24, 2.45) is 0 Å². The van der Waals surface area contributed by atoms with E-state index in [9.17, 15) is 35.5 Å². The van der Waals surface area contributed by atoms with Gasteiger partial charge in [0.2, 0.25) is 0 Å². The van der Waals surface area contributed by atoms with Crippen LogP contribution in [0, 0.1) is 0 Å². The summed E-state index contributed by atoms with van der Waals surface area (Å²) >= 11 is 0. The van der Waals surface area contributed by atoms with Crippen LogP contribution in [0.25, 0.3) is 0 Å². The van der Waals surface area contributed by atoms with E-state index in [1.807, 2.05) is 0 Å². The Bertz CT molecular complexity index is 763. The minimum Gasteiger partial charge on any atom is -0.458 e. The van der Waals surface area contributed by atoms with Crippen molar-refractivity contribution in [3.8, 4) is 0 Å². The summed E-state index contributed by atoms with van der Waals surface area (Å²) < 4.78 is 94.1. The summed E-state index contributed by atoms with van der Waals surface area (Å²) in [7, 11) is 0. The largest absolute Gasteiger partial charge is 0.460 e. The van der Waals surface area contributed by atoms with E-state index in [1.54, 1.807) is 36.4 Å². The third-order valence-electron chi connectivity index (χ3n) is 4.31. The molecule has 0 unspecified atom stereocenters. The van der Waals surface area contributed by atoms with Crippen LogP contribution in [0.3, 0.4) is 0 Å². The van der Waals surface area contributed by atoms with E-state index in [2.05, 4.69) is 4.74 Å². The second kappa shape index (κ2) is 7.44. The van der Waals surface area contributed by atoms with Crippen LogP contribution < -0.4 is 0 Å². The highest BCUT2D eigenvalue weighted by molar-refractivity contribution is 5.87. The van der Waals surface area contributed by atoms with Crippen LogP contribution in [0.1, 0.15) is 18.1 Å². The van der Waals surface area contributed by atoms with Crippen LogP contribution in [0.5, 0.6) is 0 Å². The molecular formula is C19H15F7O2. The van der Waals surface area contributed by atoms with Crippen molar-refractivity contribution >= 4 is 5.97 Å². The van der Waals surface area contributed by atoms with Crippen molar-refractivity contribution < 1.29 is 40.3 Å². The normalized spacial score (nSPS) is 13.3. The lowest BCUT2D eigenvalue weighted by Gasteiger charge is -2.31. The first-order valence-corrected chi connectivity index (χ1v) is 7.94. The van der Waals surface area contributed by atoms with Gasteiger partial charge in [-0.1, -0.05) is 60.7 Å². The second-order valence-corrected chi connectivity index (χ2v) is 6.21. The molecule has 0 aliphatic rings. The van der Waals surface area contributed by atoms with Crippen LogP contribution in [0.15, 0.2) is 60.7 Å². The monoisotopic (exact) mass is 408 g/mol. The molecule has 0 radical (unpaired) electrons. The van der Waals surface area contributed by atoms with Crippen LogP contribution >= 0.6 is 0 Å². The molecule has 0 aliphatic heterocycles. The number of ether oxygens (including phenoxy) is 1. The van der Waals surface area contributed by atoms with E-state index in [0.717, 1.165) is 0 Å². The lowest BCUT2D eigenvalue weighted by atomic mass is 9.76. The van der Waals surface area contributed by atoms with Gasteiger partial charge in [-0.3, -0.25) is 4.79 Å². The third-order valence-corrected chi connectivity index (χ3v) is 4.31. The summed E-state index contributed by atoms with van der Waals surface area (Å²) in [6.07, 6.45) is -6.49. The van der Waals surface area contributed by atoms with Crippen molar-refractivity contribution in [2.75, 3.05) is 6.61 Å². The predicted octanol–water partition coefficient (Wildman–Crippen LogP) is 5.37. The quantitative estimate of drug-likeness (QED) is 0.475. The van der Waals surface area contributed by atoms with Crippen molar-refractivity contribution in [1.29, 1.82) is 0 Å². The average molecular weight is 408 g/mol. The zero-order valence-electron chi connectivity index (χ0n) is 14.4. The zero-order chi connectivity index (χ0) is 21.2. The minimum atomic E-state index is -6.49. The van der Waals surface area contributed by atoms with Gasteiger partial charge in [0.1, 0.15) is 5.41 Å². The Morgan fingerprint density at radius 3 is 1.54 bits per heavy atom. The summed E-state index contributed by atoms with van der Waals surface area (Å²) in [6, 6.07) is 15.4. The van der Waals surface area contributed by atoms with E-state index >= 15 is 0 Å². The standard InChI is InChI=1S/C19H15F7O2/c1-16(13-8-4-2-5-9-13,14-10-6-3-7-11-14)15(27)28-12-17(20,21)18(22,23)19(24,25)26/h2-11H,12H2,1H3. The molecule has 2 aromatic rings. The van der Waals surface area contributed by atoms with Gasteiger partial charge in [0, 0.05) is 0 Å². The fraction of sp³-hybridized carbons (Fsp3) is 0.316. The fourth-order valence-electron chi connectivity index (χ4n) is 2.54. The fourth-order valence-corrected chi connectivity index (χ4v) is 2.54. The molecule has 0 aliphatic carbocycles. The maximum atomic E-state index is 13.5. The summed E-state index contributed by atoms with van der Waals surface area (Å²) in [5, 5.41) is 0. The summed E-state index contributed by atoms with van der Waals surface area (Å²) in [4.78, 5) is 12.6. The summed E-state index contributed by atoms with van der Waals surface area (Å²) in [5.41, 5.74) is -1.12. The molecule has 2 rings (SSSR count). The van der Waals surface area contributed by atoms with Crippen molar-refractivity contribution in [1.82, 2.24) is 0 Å².